The molecule has 0 spiro atoms. The van der Waals surface area contributed by atoms with Crippen molar-refractivity contribution in [3.05, 3.63) is 82.9 Å². The van der Waals surface area contributed by atoms with E-state index in [0.717, 1.165) is 60.1 Å². The summed E-state index contributed by atoms with van der Waals surface area (Å²) in [6, 6.07) is 18.8. The lowest BCUT2D eigenvalue weighted by Gasteiger charge is -2.33. The molecule has 2 atom stereocenters. The zero-order valence-electron chi connectivity index (χ0n) is 26.0. The number of sulfone groups is 1. The van der Waals surface area contributed by atoms with E-state index in [1.807, 2.05) is 56.3 Å². The average molecular weight is 638 g/mol. The minimum Gasteiger partial charge on any atom is -0.486 e. The summed E-state index contributed by atoms with van der Waals surface area (Å²) in [6.45, 7) is 6.32. The smallest absolute Gasteiger partial charge is 0.205 e. The summed E-state index contributed by atoms with van der Waals surface area (Å²) in [5.74, 6) is 1.53. The van der Waals surface area contributed by atoms with Crippen molar-refractivity contribution < 1.29 is 37.2 Å². The van der Waals surface area contributed by atoms with Crippen molar-refractivity contribution >= 4 is 9.84 Å². The third kappa shape index (κ3) is 7.81. The Balaban J connectivity index is 0.949. The Labute approximate surface area is 265 Å². The third-order valence-electron chi connectivity index (χ3n) is 8.60. The van der Waals surface area contributed by atoms with Gasteiger partial charge in [-0.15, -0.1) is 0 Å². The molecule has 6 rings (SSSR count). The number of nitrogens with one attached hydrogen (secondary N) is 1. The molecule has 3 aliphatic rings. The fourth-order valence-electron chi connectivity index (χ4n) is 6.06. The van der Waals surface area contributed by atoms with Crippen LogP contribution in [0.2, 0.25) is 0 Å². The number of aliphatic hydroxyl groups is 1. The molecule has 10 heteroatoms. The van der Waals surface area contributed by atoms with Gasteiger partial charge < -0.3 is 34.1 Å². The second-order valence-corrected chi connectivity index (χ2v) is 14.8. The van der Waals surface area contributed by atoms with E-state index >= 15 is 0 Å². The standard InChI is InChI=1S/C35H43NO8S/c1-35(2)42-21-27-18-26(11-13-32(27)44-35)31(37)19-36-15-14-24-10-12-33-34(17-24)43-28(23-41-33)22-40-20-25-6-5-9-30(16-25)45(38,39)29-7-3-4-8-29/h5-6,9-13,16-18,28-29,31,36-37H,3-4,7-8,14-15,19-23H2,1-2H3/t28-,31+/m1/s1. The van der Waals surface area contributed by atoms with Crippen molar-refractivity contribution in [3.8, 4) is 17.2 Å². The molecule has 0 amide bonds. The highest BCUT2D eigenvalue weighted by Gasteiger charge is 2.31. The monoisotopic (exact) mass is 637 g/mol. The van der Waals surface area contributed by atoms with Crippen LogP contribution in [-0.4, -0.2) is 57.0 Å². The molecule has 3 aromatic rings. The van der Waals surface area contributed by atoms with Crippen molar-refractivity contribution in [3.63, 3.8) is 0 Å². The number of benzene rings is 3. The first-order valence-corrected chi connectivity index (χ1v) is 17.4. The second-order valence-electron chi connectivity index (χ2n) is 12.6. The average Bonchev–Trinajstić information content (AvgIpc) is 3.59. The van der Waals surface area contributed by atoms with Gasteiger partial charge in [0.2, 0.25) is 5.79 Å². The molecule has 0 aromatic heterocycles. The maximum atomic E-state index is 13.0. The van der Waals surface area contributed by atoms with Gasteiger partial charge in [0.15, 0.2) is 27.4 Å². The Kier molecular flexibility index (Phi) is 9.68. The minimum absolute atomic E-state index is 0.270. The number of aliphatic hydroxyl groups excluding tert-OH is 1. The number of fused-ring (bicyclic) bond motifs is 2. The highest BCUT2D eigenvalue weighted by molar-refractivity contribution is 7.92. The Bertz CT molecular complexity index is 1580. The molecule has 2 heterocycles. The fourth-order valence-corrected chi connectivity index (χ4v) is 7.99. The maximum absolute atomic E-state index is 13.0. The van der Waals surface area contributed by atoms with Gasteiger partial charge in [0, 0.05) is 26.0 Å². The molecule has 242 valence electrons. The van der Waals surface area contributed by atoms with Gasteiger partial charge in [0.1, 0.15) is 12.4 Å². The molecule has 1 aliphatic carbocycles. The first kappa shape index (κ1) is 31.8. The Morgan fingerprint density at radius 2 is 1.82 bits per heavy atom. The highest BCUT2D eigenvalue weighted by Crippen LogP contribution is 2.34. The molecule has 1 fully saturated rings. The van der Waals surface area contributed by atoms with Gasteiger partial charge in [0.05, 0.1) is 36.1 Å². The number of hydrogen-bond acceptors (Lipinski definition) is 9. The molecule has 45 heavy (non-hydrogen) atoms. The van der Waals surface area contributed by atoms with E-state index < -0.39 is 21.7 Å². The van der Waals surface area contributed by atoms with Gasteiger partial charge in [-0.3, -0.25) is 0 Å². The first-order valence-electron chi connectivity index (χ1n) is 15.8. The molecule has 2 aliphatic heterocycles. The zero-order valence-corrected chi connectivity index (χ0v) is 26.8. The minimum atomic E-state index is -3.30. The molecule has 0 bridgehead atoms. The summed E-state index contributed by atoms with van der Waals surface area (Å²) < 4.78 is 55.6. The highest BCUT2D eigenvalue weighted by atomic mass is 32.2. The zero-order chi connectivity index (χ0) is 31.4. The number of hydrogen-bond donors (Lipinski definition) is 2. The number of ether oxygens (including phenoxy) is 5. The van der Waals surface area contributed by atoms with Crippen LogP contribution in [0, 0.1) is 0 Å². The molecular weight excluding hydrogens is 594 g/mol. The molecule has 0 radical (unpaired) electrons. The lowest BCUT2D eigenvalue weighted by molar-refractivity contribution is -0.180. The molecule has 0 unspecified atom stereocenters. The van der Waals surface area contributed by atoms with Crippen molar-refractivity contribution in [1.82, 2.24) is 5.32 Å². The summed E-state index contributed by atoms with van der Waals surface area (Å²) in [5.41, 5.74) is 3.67. The van der Waals surface area contributed by atoms with Crippen molar-refractivity contribution in [1.29, 1.82) is 0 Å². The summed E-state index contributed by atoms with van der Waals surface area (Å²) in [7, 11) is -3.30. The molecule has 1 saturated carbocycles. The fraction of sp³-hybridized carbons (Fsp3) is 0.486. The van der Waals surface area contributed by atoms with Crippen LogP contribution in [-0.2, 0) is 38.9 Å². The quantitative estimate of drug-likeness (QED) is 0.257. The van der Waals surface area contributed by atoms with E-state index in [0.29, 0.717) is 55.9 Å². The lowest BCUT2D eigenvalue weighted by atomic mass is 10.0. The van der Waals surface area contributed by atoms with E-state index in [4.69, 9.17) is 23.7 Å². The van der Waals surface area contributed by atoms with Gasteiger partial charge in [-0.25, -0.2) is 8.42 Å². The van der Waals surface area contributed by atoms with Crippen LogP contribution in [0.1, 0.15) is 67.9 Å². The Morgan fingerprint density at radius 3 is 2.67 bits per heavy atom. The maximum Gasteiger partial charge on any atom is 0.205 e. The van der Waals surface area contributed by atoms with Crippen molar-refractivity contribution in [2.45, 2.75) is 87.3 Å². The summed E-state index contributed by atoms with van der Waals surface area (Å²) >= 11 is 0. The molecule has 0 saturated heterocycles. The van der Waals surface area contributed by atoms with Crippen LogP contribution >= 0.6 is 0 Å². The SMILES string of the molecule is CC1(C)OCc2cc([C@@H](O)CNCCc3ccc4c(c3)O[C@H](COCc3cccc(S(=O)(=O)C5CCCC5)c3)CO4)ccc2O1. The largest absolute Gasteiger partial charge is 0.486 e. The molecule has 9 nitrogen and oxygen atoms in total. The van der Waals surface area contributed by atoms with E-state index in [-0.39, 0.29) is 11.4 Å². The lowest BCUT2D eigenvalue weighted by Crippen LogP contribution is -2.35. The first-order chi connectivity index (χ1) is 21.7. The van der Waals surface area contributed by atoms with E-state index in [2.05, 4.69) is 5.32 Å². The van der Waals surface area contributed by atoms with Gasteiger partial charge in [-0.2, -0.15) is 0 Å². The van der Waals surface area contributed by atoms with Gasteiger partial charge in [-0.05, 0) is 78.9 Å². The van der Waals surface area contributed by atoms with Crippen LogP contribution < -0.4 is 19.5 Å². The van der Waals surface area contributed by atoms with Crippen LogP contribution in [0.5, 0.6) is 17.2 Å². The van der Waals surface area contributed by atoms with Gasteiger partial charge >= 0.3 is 0 Å². The van der Waals surface area contributed by atoms with Gasteiger partial charge in [0.25, 0.3) is 0 Å². The third-order valence-corrected chi connectivity index (χ3v) is 10.9. The molecular formula is C35H43NO8S. The second kappa shape index (κ2) is 13.7. The van der Waals surface area contributed by atoms with Crippen LogP contribution in [0.25, 0.3) is 0 Å². The summed E-state index contributed by atoms with van der Waals surface area (Å²) in [6.07, 6.45) is 3.27. The van der Waals surface area contributed by atoms with E-state index in [1.54, 1.807) is 18.2 Å². The predicted molar refractivity (Wildman–Crippen MR) is 169 cm³/mol. The van der Waals surface area contributed by atoms with Crippen LogP contribution in [0.4, 0.5) is 0 Å². The number of rotatable bonds is 12. The van der Waals surface area contributed by atoms with Crippen LogP contribution in [0.15, 0.2) is 65.6 Å². The van der Waals surface area contributed by atoms with Crippen molar-refractivity contribution in [2.24, 2.45) is 0 Å². The van der Waals surface area contributed by atoms with Crippen LogP contribution in [0.3, 0.4) is 0 Å². The molecule has 2 N–H and O–H groups in total. The Morgan fingerprint density at radius 1 is 1.00 bits per heavy atom. The van der Waals surface area contributed by atoms with E-state index in [9.17, 15) is 13.5 Å². The topological polar surface area (TPSA) is 113 Å². The normalized spacial score (nSPS) is 19.9. The van der Waals surface area contributed by atoms with E-state index in [1.165, 1.54) is 0 Å². The molecule has 3 aromatic carbocycles. The summed E-state index contributed by atoms with van der Waals surface area (Å²) in [4.78, 5) is 0.381. The Hall–Kier alpha value is -3.15. The van der Waals surface area contributed by atoms with Crippen molar-refractivity contribution in [2.75, 3.05) is 26.3 Å². The van der Waals surface area contributed by atoms with Gasteiger partial charge in [-0.1, -0.05) is 37.1 Å². The predicted octanol–water partition coefficient (Wildman–Crippen LogP) is 5.27. The summed E-state index contributed by atoms with van der Waals surface area (Å²) in [5, 5.41) is 13.8.